The standard InChI is InChI=1S/C21H24N2O5S/c1-27-16-6-4-14(5-7-16)12-28-13-15(24)11-23-19(25)21(22-20(23)26)9-2-3-18-17(21)8-10-29-18/h4-8,10,15,24H,2-3,9,11-13H2,1H3,(H,22,26). The van der Waals surface area contributed by atoms with Gasteiger partial charge in [-0.2, -0.15) is 0 Å². The molecule has 29 heavy (non-hydrogen) atoms. The SMILES string of the molecule is COc1ccc(COCC(O)CN2C(=O)NC3(CCCc4sccc43)C2=O)cc1. The average Bonchev–Trinajstić information content (AvgIpc) is 3.29. The molecule has 1 aromatic carbocycles. The number of nitrogens with zero attached hydrogens (tertiary/aromatic N) is 1. The second kappa shape index (κ2) is 8.14. The van der Waals surface area contributed by atoms with E-state index in [1.54, 1.807) is 18.4 Å². The summed E-state index contributed by atoms with van der Waals surface area (Å²) in [5, 5.41) is 15.2. The number of aliphatic hydroxyl groups excluding tert-OH is 1. The topological polar surface area (TPSA) is 88.1 Å². The molecule has 0 bridgehead atoms. The van der Waals surface area contributed by atoms with Gasteiger partial charge in [0.15, 0.2) is 0 Å². The van der Waals surface area contributed by atoms with Crippen LogP contribution in [0.15, 0.2) is 35.7 Å². The van der Waals surface area contributed by atoms with E-state index < -0.39 is 17.7 Å². The zero-order valence-corrected chi connectivity index (χ0v) is 17.0. The number of imide groups is 1. The third kappa shape index (κ3) is 3.75. The van der Waals surface area contributed by atoms with Crippen LogP contribution in [0, 0.1) is 0 Å². The Kier molecular flexibility index (Phi) is 5.58. The molecule has 2 N–H and O–H groups in total. The molecule has 8 heteroatoms. The first-order valence-electron chi connectivity index (χ1n) is 9.63. The monoisotopic (exact) mass is 416 g/mol. The van der Waals surface area contributed by atoms with Crippen molar-refractivity contribution < 1.29 is 24.2 Å². The van der Waals surface area contributed by atoms with Gasteiger partial charge in [0.05, 0.1) is 33.0 Å². The van der Waals surface area contributed by atoms with Crippen LogP contribution in [0.4, 0.5) is 4.79 Å². The number of urea groups is 1. The molecule has 1 spiro atoms. The molecule has 1 aromatic heterocycles. The molecule has 4 rings (SSSR count). The van der Waals surface area contributed by atoms with Crippen molar-refractivity contribution in [1.82, 2.24) is 10.2 Å². The summed E-state index contributed by atoms with van der Waals surface area (Å²) < 4.78 is 10.7. The van der Waals surface area contributed by atoms with Crippen molar-refractivity contribution in [3.05, 3.63) is 51.7 Å². The maximum atomic E-state index is 13.1. The average molecular weight is 416 g/mol. The summed E-state index contributed by atoms with van der Waals surface area (Å²) >= 11 is 1.62. The molecule has 2 atom stereocenters. The third-order valence-electron chi connectivity index (χ3n) is 5.47. The molecule has 2 aromatic rings. The van der Waals surface area contributed by atoms with E-state index in [0.717, 1.165) is 39.5 Å². The first-order chi connectivity index (χ1) is 14.0. The smallest absolute Gasteiger partial charge is 0.325 e. The zero-order chi connectivity index (χ0) is 20.4. The molecule has 0 saturated carbocycles. The molecule has 1 aliphatic carbocycles. The van der Waals surface area contributed by atoms with Gasteiger partial charge in [0.1, 0.15) is 11.3 Å². The summed E-state index contributed by atoms with van der Waals surface area (Å²) in [6.45, 7) is 0.262. The van der Waals surface area contributed by atoms with Crippen molar-refractivity contribution in [3.63, 3.8) is 0 Å². The van der Waals surface area contributed by atoms with Crippen molar-refractivity contribution in [2.24, 2.45) is 0 Å². The van der Waals surface area contributed by atoms with Gasteiger partial charge in [0.25, 0.3) is 5.91 Å². The molecule has 0 radical (unpaired) electrons. The van der Waals surface area contributed by atoms with E-state index in [1.165, 1.54) is 0 Å². The molecule has 2 unspecified atom stereocenters. The molecule has 7 nitrogen and oxygen atoms in total. The van der Waals surface area contributed by atoms with Gasteiger partial charge in [-0.3, -0.25) is 9.69 Å². The Balaban J connectivity index is 1.34. The van der Waals surface area contributed by atoms with Gasteiger partial charge in [-0.15, -0.1) is 11.3 Å². The molecule has 1 saturated heterocycles. The lowest BCUT2D eigenvalue weighted by Crippen LogP contribution is -2.46. The van der Waals surface area contributed by atoms with Crippen molar-refractivity contribution in [2.45, 2.75) is 37.5 Å². The van der Waals surface area contributed by atoms with Crippen LogP contribution < -0.4 is 10.1 Å². The van der Waals surface area contributed by atoms with Crippen LogP contribution in [-0.4, -0.2) is 48.3 Å². The van der Waals surface area contributed by atoms with Crippen LogP contribution >= 0.6 is 11.3 Å². The summed E-state index contributed by atoms with van der Waals surface area (Å²) in [4.78, 5) is 27.9. The number of aliphatic hydroxyl groups is 1. The number of nitrogens with one attached hydrogen (secondary N) is 1. The van der Waals surface area contributed by atoms with Crippen LogP contribution in [-0.2, 0) is 28.1 Å². The quantitative estimate of drug-likeness (QED) is 0.677. The number of carbonyl (C=O) groups is 2. The minimum Gasteiger partial charge on any atom is -0.497 e. The van der Waals surface area contributed by atoms with Crippen molar-refractivity contribution in [1.29, 1.82) is 0 Å². The largest absolute Gasteiger partial charge is 0.497 e. The summed E-state index contributed by atoms with van der Waals surface area (Å²) in [7, 11) is 1.61. The van der Waals surface area contributed by atoms with E-state index in [9.17, 15) is 14.7 Å². The highest BCUT2D eigenvalue weighted by molar-refractivity contribution is 7.10. The number of aryl methyl sites for hydroxylation is 1. The molecule has 2 aliphatic rings. The van der Waals surface area contributed by atoms with Crippen molar-refractivity contribution >= 4 is 23.3 Å². The highest BCUT2D eigenvalue weighted by atomic mass is 32.1. The summed E-state index contributed by atoms with van der Waals surface area (Å²) in [6.07, 6.45) is 1.41. The summed E-state index contributed by atoms with van der Waals surface area (Å²) in [6, 6.07) is 8.91. The van der Waals surface area contributed by atoms with Gasteiger partial charge >= 0.3 is 6.03 Å². The van der Waals surface area contributed by atoms with Crippen LogP contribution in [0.3, 0.4) is 0 Å². The molecule has 3 amide bonds. The van der Waals surface area contributed by atoms with E-state index in [4.69, 9.17) is 9.47 Å². The van der Waals surface area contributed by atoms with E-state index in [1.807, 2.05) is 35.7 Å². The van der Waals surface area contributed by atoms with E-state index in [0.29, 0.717) is 13.0 Å². The van der Waals surface area contributed by atoms with E-state index >= 15 is 0 Å². The number of carbonyl (C=O) groups excluding carboxylic acids is 2. The second-order valence-electron chi connectivity index (χ2n) is 7.38. The Morgan fingerprint density at radius 1 is 1.28 bits per heavy atom. The highest BCUT2D eigenvalue weighted by Gasteiger charge is 2.54. The fourth-order valence-corrected chi connectivity index (χ4v) is 5.01. The summed E-state index contributed by atoms with van der Waals surface area (Å²) in [5.41, 5.74) is 0.868. The minimum absolute atomic E-state index is 0.0276. The zero-order valence-electron chi connectivity index (χ0n) is 16.2. The Bertz CT molecular complexity index is 897. The number of β-amino-alcohol motifs (C(OH)–C–C–N with tert-alkyl or cyclic N) is 1. The predicted molar refractivity (Wildman–Crippen MR) is 108 cm³/mol. The Morgan fingerprint density at radius 3 is 2.83 bits per heavy atom. The lowest BCUT2D eigenvalue weighted by Gasteiger charge is -2.31. The number of hydrogen-bond acceptors (Lipinski definition) is 6. The van der Waals surface area contributed by atoms with Crippen LogP contribution in [0.5, 0.6) is 5.75 Å². The maximum Gasteiger partial charge on any atom is 0.325 e. The molecule has 1 aliphatic heterocycles. The molecular weight excluding hydrogens is 392 g/mol. The predicted octanol–water partition coefficient (Wildman–Crippen LogP) is 2.42. The fourth-order valence-electron chi connectivity index (χ4n) is 4.01. The normalized spacial score (nSPS) is 21.9. The lowest BCUT2D eigenvalue weighted by molar-refractivity contribution is -0.133. The number of thiophene rings is 1. The highest BCUT2D eigenvalue weighted by Crippen LogP contribution is 2.42. The maximum absolute atomic E-state index is 13.1. The number of ether oxygens (including phenoxy) is 2. The molecule has 1 fully saturated rings. The third-order valence-corrected chi connectivity index (χ3v) is 6.45. The van der Waals surface area contributed by atoms with Gasteiger partial charge in [0, 0.05) is 10.4 Å². The van der Waals surface area contributed by atoms with Gasteiger partial charge in [-0.25, -0.2) is 4.79 Å². The Labute approximate surface area is 173 Å². The number of rotatable bonds is 7. The molecule has 154 valence electrons. The van der Waals surface area contributed by atoms with E-state index in [-0.39, 0.29) is 19.1 Å². The number of methoxy groups -OCH3 is 1. The number of benzene rings is 1. The second-order valence-corrected chi connectivity index (χ2v) is 8.38. The van der Waals surface area contributed by atoms with Crippen LogP contribution in [0.1, 0.15) is 28.8 Å². The number of hydrogen-bond donors (Lipinski definition) is 2. The van der Waals surface area contributed by atoms with Crippen LogP contribution in [0.25, 0.3) is 0 Å². The lowest BCUT2D eigenvalue weighted by atomic mass is 9.80. The first-order valence-corrected chi connectivity index (χ1v) is 10.5. The Hall–Kier alpha value is -2.42. The van der Waals surface area contributed by atoms with Gasteiger partial charge in [-0.05, 0) is 48.4 Å². The van der Waals surface area contributed by atoms with Crippen molar-refractivity contribution in [2.75, 3.05) is 20.3 Å². The van der Waals surface area contributed by atoms with Gasteiger partial charge in [0.2, 0.25) is 0 Å². The molecular formula is C21H24N2O5S. The minimum atomic E-state index is -0.978. The van der Waals surface area contributed by atoms with Crippen molar-refractivity contribution in [3.8, 4) is 5.75 Å². The van der Waals surface area contributed by atoms with Gasteiger partial charge < -0.3 is 19.9 Å². The first kappa shape index (κ1) is 19.9. The molecule has 2 heterocycles. The summed E-state index contributed by atoms with van der Waals surface area (Å²) in [5.74, 6) is 0.480. The Morgan fingerprint density at radius 2 is 2.07 bits per heavy atom. The number of fused-ring (bicyclic) bond motifs is 2. The van der Waals surface area contributed by atoms with Crippen LogP contribution in [0.2, 0.25) is 0 Å². The van der Waals surface area contributed by atoms with E-state index in [2.05, 4.69) is 5.32 Å². The van der Waals surface area contributed by atoms with Gasteiger partial charge in [-0.1, -0.05) is 12.1 Å². The fraction of sp³-hybridized carbons (Fsp3) is 0.429. The number of amides is 3.